The van der Waals surface area contributed by atoms with Crippen LogP contribution in [0.2, 0.25) is 0 Å². The Bertz CT molecular complexity index is 616. The second kappa shape index (κ2) is 5.84. The van der Waals surface area contributed by atoms with Gasteiger partial charge < -0.3 is 10.5 Å². The molecule has 2 N–H and O–H groups in total. The van der Waals surface area contributed by atoms with Crippen molar-refractivity contribution in [1.82, 2.24) is 0 Å². The zero-order chi connectivity index (χ0) is 13.8. The van der Waals surface area contributed by atoms with Crippen LogP contribution in [-0.4, -0.2) is 11.3 Å². The van der Waals surface area contributed by atoms with Crippen molar-refractivity contribution in [2.75, 3.05) is 12.8 Å². The lowest BCUT2D eigenvalue weighted by atomic mass is 10.2. The topological polar surface area (TPSA) is 52.3 Å². The maximum absolute atomic E-state index is 13.7. The van der Waals surface area contributed by atoms with Crippen molar-refractivity contribution >= 4 is 16.5 Å². The molecule has 0 fully saturated rings. The summed E-state index contributed by atoms with van der Waals surface area (Å²) < 4.78 is 30.9. The summed E-state index contributed by atoms with van der Waals surface area (Å²) in [6.45, 7) is 0. The van der Waals surface area contributed by atoms with Crippen LogP contribution in [0.25, 0.3) is 0 Å². The highest BCUT2D eigenvalue weighted by Gasteiger charge is 2.11. The lowest BCUT2D eigenvalue weighted by molar-refractivity contribution is 0.414. The molecular formula is C14H14FNO2S. The fraction of sp³-hybridized carbons (Fsp3) is 0.143. The zero-order valence-electron chi connectivity index (χ0n) is 10.4. The van der Waals surface area contributed by atoms with Gasteiger partial charge in [-0.1, -0.05) is 12.1 Å². The van der Waals surface area contributed by atoms with Crippen molar-refractivity contribution in [1.29, 1.82) is 0 Å². The van der Waals surface area contributed by atoms with E-state index in [-0.39, 0.29) is 10.6 Å². The monoisotopic (exact) mass is 279 g/mol. The van der Waals surface area contributed by atoms with Crippen LogP contribution >= 0.6 is 0 Å². The Balaban J connectivity index is 2.20. The number of nitrogen functional groups attached to an aromatic ring is 1. The fourth-order valence-electron chi connectivity index (χ4n) is 1.69. The van der Waals surface area contributed by atoms with Crippen molar-refractivity contribution < 1.29 is 13.3 Å². The second-order valence-electron chi connectivity index (χ2n) is 4.03. The van der Waals surface area contributed by atoms with E-state index in [1.54, 1.807) is 25.3 Å². The van der Waals surface area contributed by atoms with Crippen LogP contribution in [0.4, 0.5) is 10.1 Å². The summed E-state index contributed by atoms with van der Waals surface area (Å²) in [4.78, 5) is 0.164. The van der Waals surface area contributed by atoms with Crippen LogP contribution in [0.5, 0.6) is 5.75 Å². The van der Waals surface area contributed by atoms with Gasteiger partial charge in [0.2, 0.25) is 0 Å². The number of hydrogen-bond acceptors (Lipinski definition) is 3. The van der Waals surface area contributed by atoms with Gasteiger partial charge in [0, 0.05) is 5.69 Å². The van der Waals surface area contributed by atoms with Gasteiger partial charge in [-0.05, 0) is 35.9 Å². The van der Waals surface area contributed by atoms with Gasteiger partial charge in [0.05, 0.1) is 28.6 Å². The first-order valence-electron chi connectivity index (χ1n) is 5.66. The SMILES string of the molecule is COc1cccc(CS(=O)c2ccc(N)cc2F)c1. The molecule has 2 rings (SSSR count). The van der Waals surface area contributed by atoms with Crippen LogP contribution in [0.15, 0.2) is 47.4 Å². The minimum Gasteiger partial charge on any atom is -0.497 e. The Kier molecular flexibility index (Phi) is 4.16. The highest BCUT2D eigenvalue weighted by Crippen LogP contribution is 2.20. The molecule has 0 amide bonds. The molecule has 19 heavy (non-hydrogen) atoms. The Morgan fingerprint density at radius 3 is 2.74 bits per heavy atom. The maximum atomic E-state index is 13.7. The molecule has 3 nitrogen and oxygen atoms in total. The Hall–Kier alpha value is -1.88. The fourth-order valence-corrected chi connectivity index (χ4v) is 2.83. The van der Waals surface area contributed by atoms with Crippen LogP contribution < -0.4 is 10.5 Å². The van der Waals surface area contributed by atoms with E-state index in [0.717, 1.165) is 5.56 Å². The molecule has 0 spiro atoms. The number of halogens is 1. The van der Waals surface area contributed by atoms with Crippen molar-refractivity contribution in [3.63, 3.8) is 0 Å². The molecule has 5 heteroatoms. The van der Waals surface area contributed by atoms with E-state index >= 15 is 0 Å². The number of methoxy groups -OCH3 is 1. The minimum absolute atomic E-state index is 0.164. The van der Waals surface area contributed by atoms with Gasteiger partial charge in [0.25, 0.3) is 0 Å². The predicted molar refractivity (Wildman–Crippen MR) is 73.9 cm³/mol. The third kappa shape index (κ3) is 3.32. The minimum atomic E-state index is -1.45. The van der Waals surface area contributed by atoms with E-state index in [9.17, 15) is 8.60 Å². The molecular weight excluding hydrogens is 265 g/mol. The molecule has 0 aliphatic heterocycles. The van der Waals surface area contributed by atoms with E-state index in [1.807, 2.05) is 12.1 Å². The van der Waals surface area contributed by atoms with E-state index in [4.69, 9.17) is 10.5 Å². The molecule has 1 unspecified atom stereocenters. The summed E-state index contributed by atoms with van der Waals surface area (Å²) in [6.07, 6.45) is 0. The first-order chi connectivity index (χ1) is 9.10. The van der Waals surface area contributed by atoms with Gasteiger partial charge >= 0.3 is 0 Å². The molecule has 1 atom stereocenters. The molecule has 0 radical (unpaired) electrons. The summed E-state index contributed by atoms with van der Waals surface area (Å²) in [5.41, 5.74) is 6.61. The normalized spacial score (nSPS) is 12.1. The number of ether oxygens (including phenoxy) is 1. The van der Waals surface area contributed by atoms with Crippen LogP contribution in [0.1, 0.15) is 5.56 Å². The summed E-state index contributed by atoms with van der Waals surface area (Å²) >= 11 is 0. The third-order valence-corrected chi connectivity index (χ3v) is 4.05. The molecule has 0 bridgehead atoms. The van der Waals surface area contributed by atoms with Gasteiger partial charge in [0.1, 0.15) is 11.6 Å². The predicted octanol–water partition coefficient (Wildman–Crippen LogP) is 2.72. The number of hydrogen-bond donors (Lipinski definition) is 1. The lowest BCUT2D eigenvalue weighted by Crippen LogP contribution is -2.00. The maximum Gasteiger partial charge on any atom is 0.141 e. The molecule has 2 aromatic rings. The second-order valence-corrected chi connectivity index (χ2v) is 5.45. The van der Waals surface area contributed by atoms with Gasteiger partial charge in [-0.25, -0.2) is 4.39 Å². The smallest absolute Gasteiger partial charge is 0.141 e. The largest absolute Gasteiger partial charge is 0.497 e. The standard InChI is InChI=1S/C14H14FNO2S/c1-18-12-4-2-3-10(7-12)9-19(17)14-6-5-11(16)8-13(14)15/h2-8H,9,16H2,1H3. The van der Waals surface area contributed by atoms with Gasteiger partial charge in [0.15, 0.2) is 0 Å². The molecule has 0 aliphatic carbocycles. The van der Waals surface area contributed by atoms with Gasteiger partial charge in [-0.2, -0.15) is 0 Å². The summed E-state index contributed by atoms with van der Waals surface area (Å²) in [5, 5.41) is 0. The number of rotatable bonds is 4. The van der Waals surface area contributed by atoms with Crippen molar-refractivity contribution in [2.24, 2.45) is 0 Å². The van der Waals surface area contributed by atoms with Gasteiger partial charge in [-0.3, -0.25) is 4.21 Å². The number of anilines is 1. The van der Waals surface area contributed by atoms with E-state index in [2.05, 4.69) is 0 Å². The van der Waals surface area contributed by atoms with Crippen molar-refractivity contribution in [3.8, 4) is 5.75 Å². The van der Waals surface area contributed by atoms with E-state index < -0.39 is 16.6 Å². The third-order valence-electron chi connectivity index (χ3n) is 2.63. The van der Waals surface area contributed by atoms with Crippen molar-refractivity contribution in [2.45, 2.75) is 10.6 Å². The quantitative estimate of drug-likeness (QED) is 0.875. The molecule has 100 valence electrons. The Morgan fingerprint density at radius 1 is 1.26 bits per heavy atom. The average molecular weight is 279 g/mol. The first-order valence-corrected chi connectivity index (χ1v) is 6.98. The average Bonchev–Trinajstić information content (AvgIpc) is 2.38. The molecule has 0 saturated carbocycles. The molecule has 0 heterocycles. The molecule has 0 aliphatic rings. The van der Waals surface area contributed by atoms with Crippen molar-refractivity contribution in [3.05, 3.63) is 53.8 Å². The highest BCUT2D eigenvalue weighted by atomic mass is 32.2. The molecule has 0 saturated heterocycles. The van der Waals surface area contributed by atoms with Crippen LogP contribution in [0.3, 0.4) is 0 Å². The first kappa shape index (κ1) is 13.5. The summed E-state index contributed by atoms with van der Waals surface area (Å²) in [6, 6.07) is 11.4. The number of benzene rings is 2. The highest BCUT2D eigenvalue weighted by molar-refractivity contribution is 7.84. The lowest BCUT2D eigenvalue weighted by Gasteiger charge is -2.06. The summed E-state index contributed by atoms with van der Waals surface area (Å²) in [7, 11) is 0.115. The Morgan fingerprint density at radius 2 is 2.05 bits per heavy atom. The molecule has 2 aromatic carbocycles. The van der Waals surface area contributed by atoms with E-state index in [0.29, 0.717) is 11.4 Å². The zero-order valence-corrected chi connectivity index (χ0v) is 11.2. The van der Waals surface area contributed by atoms with Gasteiger partial charge in [-0.15, -0.1) is 0 Å². The number of nitrogens with two attached hydrogens (primary N) is 1. The van der Waals surface area contributed by atoms with Crippen LogP contribution in [0, 0.1) is 5.82 Å². The van der Waals surface area contributed by atoms with E-state index in [1.165, 1.54) is 12.1 Å². The molecule has 0 aromatic heterocycles. The van der Waals surface area contributed by atoms with Crippen LogP contribution in [-0.2, 0) is 16.6 Å². The summed E-state index contributed by atoms with van der Waals surface area (Å²) in [5.74, 6) is 0.381. The Labute approximate surface area is 113 Å².